The summed E-state index contributed by atoms with van der Waals surface area (Å²) >= 11 is 1.28. The number of nitrogens with zero attached hydrogens (tertiary/aromatic N) is 2. The summed E-state index contributed by atoms with van der Waals surface area (Å²) in [6, 6.07) is 22.6. The van der Waals surface area contributed by atoms with Crippen LogP contribution in [0.3, 0.4) is 0 Å². The number of fused-ring (bicyclic) bond motifs is 2. The molecule has 0 unspecified atom stereocenters. The topological polar surface area (TPSA) is 122 Å². The number of nitro groups is 1. The highest BCUT2D eigenvalue weighted by atomic mass is 32.2. The minimum absolute atomic E-state index is 0.0248. The van der Waals surface area contributed by atoms with Crippen LogP contribution in [0.4, 0.5) is 11.4 Å². The number of aromatic hydroxyl groups is 1. The first-order valence-electron chi connectivity index (χ1n) is 10.4. The van der Waals surface area contributed by atoms with Gasteiger partial charge in [-0.3, -0.25) is 19.8 Å². The Morgan fingerprint density at radius 3 is 2.34 bits per heavy atom. The lowest BCUT2D eigenvalue weighted by Gasteiger charge is -2.15. The van der Waals surface area contributed by atoms with E-state index in [2.05, 4.69) is 9.71 Å². The standard InChI is InChI=1S/C25H17N3O5S2/c29-25-20-8-2-1-7-19(20)21(27-35(32,33)18-12-10-17(11-13-18)28(30)31)15-23(25)34-22-9-3-5-16-6-4-14-26-24(16)22/h1-15,27,29H. The number of pyridine rings is 1. The molecule has 0 fully saturated rings. The zero-order valence-corrected chi connectivity index (χ0v) is 19.6. The fraction of sp³-hybridized carbons (Fsp3) is 0. The van der Waals surface area contributed by atoms with Gasteiger partial charge < -0.3 is 5.11 Å². The Hall–Kier alpha value is -4.15. The molecule has 1 aromatic heterocycles. The molecule has 0 aliphatic carbocycles. The van der Waals surface area contributed by atoms with Crippen molar-refractivity contribution < 1.29 is 18.4 Å². The van der Waals surface area contributed by atoms with Gasteiger partial charge in [-0.1, -0.05) is 54.2 Å². The summed E-state index contributed by atoms with van der Waals surface area (Å²) in [5, 5.41) is 23.9. The molecule has 0 aliphatic heterocycles. The largest absolute Gasteiger partial charge is 0.506 e. The van der Waals surface area contributed by atoms with Crippen LogP contribution < -0.4 is 4.72 Å². The Morgan fingerprint density at radius 2 is 1.60 bits per heavy atom. The normalized spacial score (nSPS) is 11.5. The van der Waals surface area contributed by atoms with Crippen molar-refractivity contribution in [1.29, 1.82) is 0 Å². The summed E-state index contributed by atoms with van der Waals surface area (Å²) in [6.45, 7) is 0. The highest BCUT2D eigenvalue weighted by molar-refractivity contribution is 7.99. The van der Waals surface area contributed by atoms with E-state index in [4.69, 9.17) is 0 Å². The Kier molecular flexibility index (Phi) is 5.75. The molecule has 0 spiro atoms. The molecule has 5 aromatic rings. The Labute approximate surface area is 204 Å². The summed E-state index contributed by atoms with van der Waals surface area (Å²) in [5.41, 5.74) is 0.828. The highest BCUT2D eigenvalue weighted by Crippen LogP contribution is 2.44. The average Bonchev–Trinajstić information content (AvgIpc) is 2.87. The van der Waals surface area contributed by atoms with E-state index in [1.807, 2.05) is 30.3 Å². The van der Waals surface area contributed by atoms with Crippen molar-refractivity contribution in [2.45, 2.75) is 14.7 Å². The van der Waals surface area contributed by atoms with Gasteiger partial charge in [0.2, 0.25) is 0 Å². The Morgan fingerprint density at radius 1 is 0.886 bits per heavy atom. The minimum Gasteiger partial charge on any atom is -0.506 e. The number of hydrogen-bond acceptors (Lipinski definition) is 7. The van der Waals surface area contributed by atoms with Gasteiger partial charge in [0.1, 0.15) is 5.75 Å². The van der Waals surface area contributed by atoms with Gasteiger partial charge in [-0.25, -0.2) is 8.42 Å². The lowest BCUT2D eigenvalue weighted by molar-refractivity contribution is -0.384. The summed E-state index contributed by atoms with van der Waals surface area (Å²) < 4.78 is 28.8. The van der Waals surface area contributed by atoms with E-state index in [-0.39, 0.29) is 22.0 Å². The van der Waals surface area contributed by atoms with Crippen LogP contribution >= 0.6 is 11.8 Å². The van der Waals surface area contributed by atoms with Gasteiger partial charge in [0.15, 0.2) is 0 Å². The molecule has 8 nitrogen and oxygen atoms in total. The van der Waals surface area contributed by atoms with E-state index in [1.54, 1.807) is 36.5 Å². The van der Waals surface area contributed by atoms with Crippen LogP contribution in [0.15, 0.2) is 106 Å². The Bertz CT molecular complexity index is 1700. The molecular formula is C25H17N3O5S2. The fourth-order valence-electron chi connectivity index (χ4n) is 3.72. The number of nitro benzene ring substituents is 1. The van der Waals surface area contributed by atoms with Crippen molar-refractivity contribution >= 4 is 54.8 Å². The molecule has 0 bridgehead atoms. The molecule has 4 aromatic carbocycles. The highest BCUT2D eigenvalue weighted by Gasteiger charge is 2.20. The van der Waals surface area contributed by atoms with Crippen molar-refractivity contribution in [1.82, 2.24) is 4.98 Å². The second-order valence-electron chi connectivity index (χ2n) is 7.61. The molecule has 10 heteroatoms. The Balaban J connectivity index is 1.59. The molecule has 0 atom stereocenters. The summed E-state index contributed by atoms with van der Waals surface area (Å²) in [5.74, 6) is 0.0248. The van der Waals surface area contributed by atoms with Gasteiger partial charge in [-0.2, -0.15) is 0 Å². The zero-order valence-electron chi connectivity index (χ0n) is 18.0. The first-order chi connectivity index (χ1) is 16.8. The van der Waals surface area contributed by atoms with Gasteiger partial charge >= 0.3 is 0 Å². The van der Waals surface area contributed by atoms with Gasteiger partial charge in [0.05, 0.1) is 25.9 Å². The van der Waals surface area contributed by atoms with E-state index in [1.165, 1.54) is 23.9 Å². The van der Waals surface area contributed by atoms with Crippen LogP contribution in [-0.4, -0.2) is 23.4 Å². The lowest BCUT2D eigenvalue weighted by Crippen LogP contribution is -2.13. The van der Waals surface area contributed by atoms with E-state index >= 15 is 0 Å². The van der Waals surface area contributed by atoms with Gasteiger partial charge in [0, 0.05) is 39.4 Å². The predicted molar refractivity (Wildman–Crippen MR) is 135 cm³/mol. The van der Waals surface area contributed by atoms with Crippen LogP contribution in [0.2, 0.25) is 0 Å². The van der Waals surface area contributed by atoms with E-state index < -0.39 is 14.9 Å². The van der Waals surface area contributed by atoms with Crippen molar-refractivity contribution in [2.24, 2.45) is 0 Å². The lowest BCUT2D eigenvalue weighted by atomic mass is 10.1. The SMILES string of the molecule is O=[N+]([O-])c1ccc(S(=O)(=O)Nc2cc(Sc3cccc4cccnc34)c(O)c3ccccc23)cc1. The van der Waals surface area contributed by atoms with Crippen LogP contribution in [0.1, 0.15) is 0 Å². The number of rotatable bonds is 6. The van der Waals surface area contributed by atoms with Crippen LogP contribution in [-0.2, 0) is 10.0 Å². The average molecular weight is 504 g/mol. The predicted octanol–water partition coefficient (Wildman–Crippen LogP) is 5.95. The number of para-hydroxylation sites is 1. The number of phenols is 1. The maximum absolute atomic E-state index is 13.1. The smallest absolute Gasteiger partial charge is 0.269 e. The van der Waals surface area contributed by atoms with Crippen molar-refractivity contribution in [3.8, 4) is 5.75 Å². The zero-order chi connectivity index (χ0) is 24.6. The molecule has 35 heavy (non-hydrogen) atoms. The van der Waals surface area contributed by atoms with E-state index in [0.717, 1.165) is 27.9 Å². The van der Waals surface area contributed by atoms with Gasteiger partial charge in [-0.05, 0) is 30.3 Å². The monoisotopic (exact) mass is 503 g/mol. The van der Waals surface area contributed by atoms with Gasteiger partial charge in [0.25, 0.3) is 15.7 Å². The third-order valence-corrected chi connectivity index (χ3v) is 7.86. The van der Waals surface area contributed by atoms with Gasteiger partial charge in [-0.15, -0.1) is 0 Å². The summed E-state index contributed by atoms with van der Waals surface area (Å²) in [4.78, 5) is 15.9. The van der Waals surface area contributed by atoms with E-state index in [0.29, 0.717) is 15.7 Å². The maximum Gasteiger partial charge on any atom is 0.269 e. The minimum atomic E-state index is -4.06. The molecule has 0 aliphatic rings. The number of nitrogens with one attached hydrogen (secondary N) is 1. The van der Waals surface area contributed by atoms with Crippen molar-refractivity contribution in [2.75, 3.05) is 4.72 Å². The first kappa shape index (κ1) is 22.6. The number of sulfonamides is 1. The molecular weight excluding hydrogens is 486 g/mol. The van der Waals surface area contributed by atoms with Crippen LogP contribution in [0.25, 0.3) is 21.7 Å². The molecule has 1 heterocycles. The second kappa shape index (κ2) is 8.90. The number of hydrogen-bond donors (Lipinski definition) is 2. The van der Waals surface area contributed by atoms with Crippen molar-refractivity contribution in [3.63, 3.8) is 0 Å². The first-order valence-corrected chi connectivity index (χ1v) is 12.7. The molecule has 174 valence electrons. The molecule has 0 radical (unpaired) electrons. The third kappa shape index (κ3) is 4.36. The summed E-state index contributed by atoms with van der Waals surface area (Å²) in [7, 11) is -4.06. The molecule has 5 rings (SSSR count). The number of phenolic OH excluding ortho intramolecular Hbond substituents is 1. The third-order valence-electron chi connectivity index (χ3n) is 5.40. The molecule has 2 N–H and O–H groups in total. The van der Waals surface area contributed by atoms with E-state index in [9.17, 15) is 23.6 Å². The number of benzene rings is 4. The van der Waals surface area contributed by atoms with Crippen molar-refractivity contribution in [3.05, 3.63) is 101 Å². The fourth-order valence-corrected chi connectivity index (χ4v) is 5.83. The van der Waals surface area contributed by atoms with Crippen LogP contribution in [0.5, 0.6) is 5.75 Å². The summed E-state index contributed by atoms with van der Waals surface area (Å²) in [6.07, 6.45) is 1.69. The molecule has 0 amide bonds. The quantitative estimate of drug-likeness (QED) is 0.167. The molecule has 0 saturated carbocycles. The molecule has 0 saturated heterocycles. The number of aromatic nitrogens is 1. The maximum atomic E-state index is 13.1. The van der Waals surface area contributed by atoms with Crippen LogP contribution in [0, 0.1) is 10.1 Å². The number of non-ortho nitro benzene ring substituents is 1. The number of anilines is 1. The second-order valence-corrected chi connectivity index (χ2v) is 10.4.